The minimum Gasteiger partial charge on any atom is -0.337 e. The lowest BCUT2D eigenvalue weighted by Gasteiger charge is -2.17. The molecule has 0 unspecified atom stereocenters. The molecule has 0 aliphatic rings. The molecule has 0 saturated heterocycles. The van der Waals surface area contributed by atoms with Gasteiger partial charge in [0.15, 0.2) is 5.65 Å². The first-order chi connectivity index (χ1) is 13.6. The van der Waals surface area contributed by atoms with Crippen LogP contribution in [0.25, 0.3) is 11.2 Å². The zero-order valence-corrected chi connectivity index (χ0v) is 15.9. The number of amides is 1. The van der Waals surface area contributed by atoms with Crippen LogP contribution in [0.5, 0.6) is 0 Å². The van der Waals surface area contributed by atoms with Crippen LogP contribution in [0.1, 0.15) is 27.2 Å². The Morgan fingerprint density at radius 3 is 2.64 bits per heavy atom. The molecule has 0 spiro atoms. The van der Waals surface area contributed by atoms with E-state index < -0.39 is 0 Å². The number of aromatic nitrogens is 4. The standard InChI is InChI=1S/C22H21N5O/c1-16-10-18(8-9-23-16)13-26(2)22(28)19-11-20-21(24-12-19)27(15-25-20)14-17-6-4-3-5-7-17/h3-12,15H,13-14H2,1-2H3. The third-order valence-electron chi connectivity index (χ3n) is 4.63. The van der Waals surface area contributed by atoms with Gasteiger partial charge in [-0.1, -0.05) is 30.3 Å². The first kappa shape index (κ1) is 17.9. The van der Waals surface area contributed by atoms with E-state index in [4.69, 9.17) is 0 Å². The number of hydrogen-bond acceptors (Lipinski definition) is 4. The normalized spacial score (nSPS) is 10.9. The van der Waals surface area contributed by atoms with Crippen molar-refractivity contribution >= 4 is 17.1 Å². The van der Waals surface area contributed by atoms with Gasteiger partial charge in [0.25, 0.3) is 5.91 Å². The molecule has 0 atom stereocenters. The Labute approximate surface area is 163 Å². The van der Waals surface area contributed by atoms with Gasteiger partial charge >= 0.3 is 0 Å². The number of benzene rings is 1. The van der Waals surface area contributed by atoms with Crippen molar-refractivity contribution in [1.29, 1.82) is 0 Å². The fraction of sp³-hybridized carbons (Fsp3) is 0.182. The summed E-state index contributed by atoms with van der Waals surface area (Å²) in [4.78, 5) is 27.6. The van der Waals surface area contributed by atoms with Crippen LogP contribution in [0, 0.1) is 6.92 Å². The van der Waals surface area contributed by atoms with E-state index in [1.54, 1.807) is 36.7 Å². The van der Waals surface area contributed by atoms with Crippen molar-refractivity contribution in [2.45, 2.75) is 20.0 Å². The van der Waals surface area contributed by atoms with Crippen LogP contribution in [-0.4, -0.2) is 37.4 Å². The Kier molecular flexibility index (Phi) is 4.85. The molecule has 0 aliphatic heterocycles. The highest BCUT2D eigenvalue weighted by atomic mass is 16.2. The summed E-state index contributed by atoms with van der Waals surface area (Å²) in [5.74, 6) is -0.0820. The van der Waals surface area contributed by atoms with Crippen LogP contribution in [-0.2, 0) is 13.1 Å². The quantitative estimate of drug-likeness (QED) is 0.539. The van der Waals surface area contributed by atoms with Crippen LogP contribution < -0.4 is 0 Å². The van der Waals surface area contributed by atoms with Gasteiger partial charge < -0.3 is 9.47 Å². The molecular weight excluding hydrogens is 350 g/mol. The zero-order valence-electron chi connectivity index (χ0n) is 15.9. The molecule has 3 heterocycles. The van der Waals surface area contributed by atoms with Crippen LogP contribution in [0.2, 0.25) is 0 Å². The largest absolute Gasteiger partial charge is 0.337 e. The first-order valence-corrected chi connectivity index (χ1v) is 9.12. The molecule has 28 heavy (non-hydrogen) atoms. The molecule has 0 saturated carbocycles. The lowest BCUT2D eigenvalue weighted by atomic mass is 10.2. The molecule has 4 aromatic rings. The molecule has 0 bridgehead atoms. The van der Waals surface area contributed by atoms with Gasteiger partial charge in [0.1, 0.15) is 5.52 Å². The van der Waals surface area contributed by atoms with Crippen molar-refractivity contribution in [3.63, 3.8) is 0 Å². The number of hydrogen-bond donors (Lipinski definition) is 0. The van der Waals surface area contributed by atoms with E-state index in [-0.39, 0.29) is 5.91 Å². The van der Waals surface area contributed by atoms with Crippen LogP contribution >= 0.6 is 0 Å². The van der Waals surface area contributed by atoms with Crippen LogP contribution in [0.3, 0.4) is 0 Å². The summed E-state index contributed by atoms with van der Waals surface area (Å²) in [5.41, 5.74) is 5.18. The van der Waals surface area contributed by atoms with Gasteiger partial charge in [0, 0.05) is 31.7 Å². The molecule has 0 fully saturated rings. The molecule has 6 nitrogen and oxygen atoms in total. The van der Waals surface area contributed by atoms with E-state index in [1.807, 2.05) is 41.8 Å². The average Bonchev–Trinajstić information content (AvgIpc) is 3.10. The summed E-state index contributed by atoms with van der Waals surface area (Å²) in [6, 6.07) is 15.9. The second-order valence-corrected chi connectivity index (χ2v) is 6.89. The van der Waals surface area contributed by atoms with E-state index in [1.165, 1.54) is 5.56 Å². The molecular formula is C22H21N5O. The van der Waals surface area contributed by atoms with Gasteiger partial charge in [-0.05, 0) is 36.2 Å². The lowest BCUT2D eigenvalue weighted by Crippen LogP contribution is -2.26. The number of carbonyl (C=O) groups is 1. The fourth-order valence-corrected chi connectivity index (χ4v) is 3.23. The van der Waals surface area contributed by atoms with Gasteiger partial charge in [0.05, 0.1) is 18.4 Å². The molecule has 1 aromatic carbocycles. The van der Waals surface area contributed by atoms with Crippen molar-refractivity contribution in [3.05, 3.63) is 89.6 Å². The third-order valence-corrected chi connectivity index (χ3v) is 4.63. The predicted octanol–water partition coefficient (Wildman–Crippen LogP) is 3.46. The van der Waals surface area contributed by atoms with E-state index in [9.17, 15) is 4.79 Å². The molecule has 3 aromatic heterocycles. The van der Waals surface area contributed by atoms with Gasteiger partial charge in [-0.2, -0.15) is 0 Å². The van der Waals surface area contributed by atoms with Gasteiger partial charge in [-0.3, -0.25) is 9.78 Å². The van der Waals surface area contributed by atoms with E-state index in [0.29, 0.717) is 18.7 Å². The second-order valence-electron chi connectivity index (χ2n) is 6.89. The number of aryl methyl sites for hydroxylation is 1. The number of nitrogens with zero attached hydrogens (tertiary/aromatic N) is 5. The number of carbonyl (C=O) groups excluding carboxylic acids is 1. The maximum absolute atomic E-state index is 12.8. The Morgan fingerprint density at radius 2 is 1.86 bits per heavy atom. The monoisotopic (exact) mass is 371 g/mol. The molecule has 1 amide bonds. The SMILES string of the molecule is Cc1cc(CN(C)C(=O)c2cnc3c(c2)ncn3Cc2ccccc2)ccn1. The maximum atomic E-state index is 12.8. The summed E-state index contributed by atoms with van der Waals surface area (Å²) in [5, 5.41) is 0. The Bertz CT molecular complexity index is 1120. The lowest BCUT2D eigenvalue weighted by molar-refractivity contribution is 0.0785. The van der Waals surface area contributed by atoms with E-state index in [0.717, 1.165) is 22.4 Å². The van der Waals surface area contributed by atoms with E-state index >= 15 is 0 Å². The summed E-state index contributed by atoms with van der Waals surface area (Å²) < 4.78 is 1.99. The highest BCUT2D eigenvalue weighted by Gasteiger charge is 2.15. The van der Waals surface area contributed by atoms with Gasteiger partial charge in [0.2, 0.25) is 0 Å². The summed E-state index contributed by atoms with van der Waals surface area (Å²) in [6.45, 7) is 3.15. The first-order valence-electron chi connectivity index (χ1n) is 9.12. The Hall–Kier alpha value is -3.54. The zero-order chi connectivity index (χ0) is 19.5. The van der Waals surface area contributed by atoms with Crippen molar-refractivity contribution in [1.82, 2.24) is 24.4 Å². The minimum absolute atomic E-state index is 0.0820. The molecule has 4 rings (SSSR count). The van der Waals surface area contributed by atoms with Gasteiger partial charge in [-0.25, -0.2) is 9.97 Å². The maximum Gasteiger partial charge on any atom is 0.255 e. The van der Waals surface area contributed by atoms with E-state index in [2.05, 4.69) is 27.1 Å². The summed E-state index contributed by atoms with van der Waals surface area (Å²) >= 11 is 0. The van der Waals surface area contributed by atoms with Crippen molar-refractivity contribution in [2.24, 2.45) is 0 Å². The number of imidazole rings is 1. The highest BCUT2D eigenvalue weighted by molar-refractivity contribution is 5.96. The van der Waals surface area contributed by atoms with Crippen molar-refractivity contribution < 1.29 is 4.79 Å². The Morgan fingerprint density at radius 1 is 1.04 bits per heavy atom. The molecule has 140 valence electrons. The minimum atomic E-state index is -0.0820. The predicted molar refractivity (Wildman–Crippen MR) is 108 cm³/mol. The third kappa shape index (κ3) is 3.76. The molecule has 0 aliphatic carbocycles. The number of rotatable bonds is 5. The number of fused-ring (bicyclic) bond motifs is 1. The van der Waals surface area contributed by atoms with Crippen LogP contribution in [0.4, 0.5) is 0 Å². The fourth-order valence-electron chi connectivity index (χ4n) is 3.23. The van der Waals surface area contributed by atoms with Gasteiger partial charge in [-0.15, -0.1) is 0 Å². The van der Waals surface area contributed by atoms with Crippen molar-refractivity contribution in [2.75, 3.05) is 7.05 Å². The smallest absolute Gasteiger partial charge is 0.255 e. The number of pyridine rings is 2. The van der Waals surface area contributed by atoms with Crippen molar-refractivity contribution in [3.8, 4) is 0 Å². The molecule has 6 heteroatoms. The average molecular weight is 371 g/mol. The van der Waals surface area contributed by atoms with Crippen LogP contribution in [0.15, 0.2) is 67.3 Å². The second kappa shape index (κ2) is 7.60. The summed E-state index contributed by atoms with van der Waals surface area (Å²) in [6.07, 6.45) is 5.15. The summed E-state index contributed by atoms with van der Waals surface area (Å²) in [7, 11) is 1.79. The molecule has 0 radical (unpaired) electrons. The topological polar surface area (TPSA) is 63.9 Å². The Balaban J connectivity index is 1.53. The molecule has 0 N–H and O–H groups in total. The highest BCUT2D eigenvalue weighted by Crippen LogP contribution is 2.16.